The second kappa shape index (κ2) is 3.49. The van der Waals surface area contributed by atoms with Gasteiger partial charge in [-0.25, -0.2) is 0 Å². The number of alkyl halides is 3. The second-order valence-electron chi connectivity index (χ2n) is 0.773. The Morgan fingerprint density at radius 2 is 1.43 bits per heavy atom. The van der Waals surface area contributed by atoms with Crippen molar-refractivity contribution in [3.8, 4) is 0 Å². The van der Waals surface area contributed by atoms with E-state index in [0.717, 1.165) is 0 Å². The Balaban J connectivity index is 0. The van der Waals surface area contributed by atoms with Gasteiger partial charge in [0.1, 0.15) is 6.61 Å². The van der Waals surface area contributed by atoms with Gasteiger partial charge in [-0.15, -0.1) is 0 Å². The van der Waals surface area contributed by atoms with Crippen LogP contribution in [-0.4, -0.2) is 17.9 Å². The zero-order valence-electron chi connectivity index (χ0n) is 3.09. The van der Waals surface area contributed by atoms with Gasteiger partial charge in [0.05, 0.1) is 0 Å². The molecule has 0 spiro atoms. The summed E-state index contributed by atoms with van der Waals surface area (Å²) in [6.07, 6.45) is -4.40. The molecule has 0 aromatic heterocycles. The van der Waals surface area contributed by atoms with Gasteiger partial charge in [0, 0.05) is 22.4 Å². The van der Waals surface area contributed by atoms with Crippen molar-refractivity contribution < 1.29 is 40.7 Å². The van der Waals surface area contributed by atoms with Crippen LogP contribution < -0.4 is 0 Å². The molecular formula is C2H3AgF3O. The summed E-state index contributed by atoms with van der Waals surface area (Å²) in [5.74, 6) is 0. The average Bonchev–Trinajstić information content (AvgIpc) is 1.35. The number of aliphatic hydroxyl groups is 1. The third kappa shape index (κ3) is 10.7. The molecule has 0 aliphatic carbocycles. The third-order valence-corrected chi connectivity index (χ3v) is 0.179. The fourth-order valence-electron chi connectivity index (χ4n) is 0. The van der Waals surface area contributed by atoms with Crippen molar-refractivity contribution in [1.82, 2.24) is 0 Å². The Labute approximate surface area is 54.0 Å². The standard InChI is InChI=1S/C2H3F3O.Ag/c3-2(4,5)1-6;/h6H,1H2;. The van der Waals surface area contributed by atoms with Crippen LogP contribution in [0.25, 0.3) is 0 Å². The molecule has 0 amide bonds. The molecule has 1 nitrogen and oxygen atoms in total. The van der Waals surface area contributed by atoms with Crippen LogP contribution in [-0.2, 0) is 22.4 Å². The van der Waals surface area contributed by atoms with Gasteiger partial charge in [0.25, 0.3) is 0 Å². The normalized spacial score (nSPS) is 10.3. The van der Waals surface area contributed by atoms with Gasteiger partial charge in [-0.3, -0.25) is 0 Å². The zero-order valence-corrected chi connectivity index (χ0v) is 4.57. The summed E-state index contributed by atoms with van der Waals surface area (Å²) in [6.45, 7) is -1.73. The molecule has 0 aliphatic rings. The molecule has 7 heavy (non-hydrogen) atoms. The molecule has 0 rings (SSSR count). The van der Waals surface area contributed by atoms with Gasteiger partial charge in [-0.2, -0.15) is 13.2 Å². The SMILES string of the molecule is OCC(F)(F)F.[Ag]. The molecule has 0 unspecified atom stereocenters. The van der Waals surface area contributed by atoms with Crippen molar-refractivity contribution in [2.24, 2.45) is 0 Å². The minimum Gasteiger partial charge on any atom is -0.387 e. The summed E-state index contributed by atoms with van der Waals surface area (Å²) in [7, 11) is 0. The van der Waals surface area contributed by atoms with Crippen molar-refractivity contribution >= 4 is 0 Å². The summed E-state index contributed by atoms with van der Waals surface area (Å²) in [5, 5.41) is 7.28. The van der Waals surface area contributed by atoms with Crippen LogP contribution in [0.1, 0.15) is 0 Å². The van der Waals surface area contributed by atoms with E-state index in [1.165, 1.54) is 0 Å². The number of aliphatic hydroxyl groups excluding tert-OH is 1. The van der Waals surface area contributed by atoms with Crippen molar-refractivity contribution in [2.45, 2.75) is 6.18 Å². The summed E-state index contributed by atoms with van der Waals surface area (Å²) < 4.78 is 31.6. The fraction of sp³-hybridized carbons (Fsp3) is 1.00. The molecule has 0 saturated carbocycles. The Kier molecular flexibility index (Phi) is 5.21. The molecule has 0 aromatic rings. The van der Waals surface area contributed by atoms with Gasteiger partial charge in [0.2, 0.25) is 0 Å². The van der Waals surface area contributed by atoms with E-state index >= 15 is 0 Å². The quantitative estimate of drug-likeness (QED) is 0.576. The average molecular weight is 208 g/mol. The van der Waals surface area contributed by atoms with E-state index in [-0.39, 0.29) is 22.4 Å². The first-order chi connectivity index (χ1) is 2.56. The molecule has 5 heteroatoms. The Hall–Kier alpha value is 0.490. The van der Waals surface area contributed by atoms with Crippen LogP contribution in [0.4, 0.5) is 13.2 Å². The first-order valence-corrected chi connectivity index (χ1v) is 1.24. The summed E-state index contributed by atoms with van der Waals surface area (Å²) in [5.41, 5.74) is 0. The molecule has 49 valence electrons. The molecular weight excluding hydrogens is 205 g/mol. The first-order valence-electron chi connectivity index (χ1n) is 1.24. The van der Waals surface area contributed by atoms with Crippen molar-refractivity contribution in [2.75, 3.05) is 6.61 Å². The van der Waals surface area contributed by atoms with E-state index in [1.807, 2.05) is 0 Å². The first kappa shape index (κ1) is 10.5. The minimum absolute atomic E-state index is 0. The molecule has 0 saturated heterocycles. The zero-order chi connectivity index (χ0) is 5.21. The van der Waals surface area contributed by atoms with Gasteiger partial charge in [-0.05, 0) is 0 Å². The molecule has 0 fully saturated rings. The second-order valence-corrected chi connectivity index (χ2v) is 0.773. The number of rotatable bonds is 0. The van der Waals surface area contributed by atoms with Crippen LogP contribution in [0.2, 0.25) is 0 Å². The van der Waals surface area contributed by atoms with E-state index in [0.29, 0.717) is 0 Å². The predicted molar refractivity (Wildman–Crippen MR) is 13.1 cm³/mol. The van der Waals surface area contributed by atoms with Crippen LogP contribution in [0.5, 0.6) is 0 Å². The van der Waals surface area contributed by atoms with Crippen molar-refractivity contribution in [3.63, 3.8) is 0 Å². The fourth-order valence-corrected chi connectivity index (χ4v) is 0. The summed E-state index contributed by atoms with van der Waals surface area (Å²) >= 11 is 0. The Bertz CT molecular complexity index is 42.7. The van der Waals surface area contributed by atoms with E-state index in [2.05, 4.69) is 0 Å². The molecule has 1 radical (unpaired) electrons. The number of hydrogen-bond acceptors (Lipinski definition) is 1. The van der Waals surface area contributed by atoms with Gasteiger partial charge < -0.3 is 5.11 Å². The summed E-state index contributed by atoms with van der Waals surface area (Å²) in [6, 6.07) is 0. The molecule has 0 heterocycles. The molecule has 0 aliphatic heterocycles. The maximum absolute atomic E-state index is 10.5. The smallest absolute Gasteiger partial charge is 0.387 e. The molecule has 0 bridgehead atoms. The van der Waals surface area contributed by atoms with E-state index in [4.69, 9.17) is 5.11 Å². The van der Waals surface area contributed by atoms with Gasteiger partial charge in [-0.1, -0.05) is 0 Å². The van der Waals surface area contributed by atoms with Crippen molar-refractivity contribution in [3.05, 3.63) is 0 Å². The number of halogens is 3. The largest absolute Gasteiger partial charge is 0.411 e. The van der Waals surface area contributed by atoms with Crippen molar-refractivity contribution in [1.29, 1.82) is 0 Å². The number of hydrogen-bond donors (Lipinski definition) is 1. The maximum Gasteiger partial charge on any atom is 0.411 e. The van der Waals surface area contributed by atoms with Gasteiger partial charge in [0.15, 0.2) is 0 Å². The van der Waals surface area contributed by atoms with Crippen LogP contribution in [0, 0.1) is 0 Å². The predicted octanol–water partition coefficient (Wildman–Crippen LogP) is 0.539. The monoisotopic (exact) mass is 207 g/mol. The van der Waals surface area contributed by atoms with E-state index < -0.39 is 12.8 Å². The molecule has 0 atom stereocenters. The minimum atomic E-state index is -4.40. The topological polar surface area (TPSA) is 20.2 Å². The molecule has 0 aromatic carbocycles. The van der Waals surface area contributed by atoms with Gasteiger partial charge >= 0.3 is 6.18 Å². The summed E-state index contributed by atoms with van der Waals surface area (Å²) in [4.78, 5) is 0. The third-order valence-electron chi connectivity index (χ3n) is 0.179. The van der Waals surface area contributed by atoms with Crippen LogP contribution in [0.3, 0.4) is 0 Å². The van der Waals surface area contributed by atoms with Crippen LogP contribution in [0.15, 0.2) is 0 Å². The van der Waals surface area contributed by atoms with E-state index in [9.17, 15) is 13.2 Å². The molecule has 1 N–H and O–H groups in total. The Morgan fingerprint density at radius 1 is 1.29 bits per heavy atom. The van der Waals surface area contributed by atoms with E-state index in [1.54, 1.807) is 0 Å². The van der Waals surface area contributed by atoms with Crippen LogP contribution >= 0.6 is 0 Å². The maximum atomic E-state index is 10.5. The Morgan fingerprint density at radius 3 is 1.43 bits per heavy atom.